The summed E-state index contributed by atoms with van der Waals surface area (Å²) in [5.74, 6) is -2.51. The van der Waals surface area contributed by atoms with Gasteiger partial charge in [0.15, 0.2) is 0 Å². The minimum atomic E-state index is -4.83. The number of carbonyl (C=O) groups excluding carboxylic acids is 3. The van der Waals surface area contributed by atoms with Gasteiger partial charge in [-0.2, -0.15) is 18.4 Å². The summed E-state index contributed by atoms with van der Waals surface area (Å²) < 4.78 is 38.3. The molecule has 1 fully saturated rings. The first-order chi connectivity index (χ1) is 9.25. The minimum absolute atomic E-state index is 0.277. The van der Waals surface area contributed by atoms with Gasteiger partial charge in [-0.15, -0.1) is 0 Å². The fraction of sp³-hybridized carbons (Fsp3) is 0.0909. The van der Waals surface area contributed by atoms with E-state index in [4.69, 9.17) is 5.26 Å². The van der Waals surface area contributed by atoms with E-state index in [9.17, 15) is 27.6 Å². The number of alkyl halides is 3. The van der Waals surface area contributed by atoms with Crippen LogP contribution in [0.1, 0.15) is 11.1 Å². The number of rotatable bonds is 1. The number of hydrogen-bond donors (Lipinski definition) is 1. The molecular weight excluding hydrogens is 279 g/mol. The Labute approximate surface area is 109 Å². The van der Waals surface area contributed by atoms with Gasteiger partial charge in [0.1, 0.15) is 0 Å². The monoisotopic (exact) mass is 283 g/mol. The smallest absolute Gasteiger partial charge is 0.269 e. The second-order valence-electron chi connectivity index (χ2n) is 3.74. The Balaban J connectivity index is 2.56. The second kappa shape index (κ2) is 4.34. The van der Waals surface area contributed by atoms with Crippen molar-refractivity contribution in [1.82, 2.24) is 5.32 Å². The fourth-order valence-electron chi connectivity index (χ4n) is 1.64. The van der Waals surface area contributed by atoms with Crippen LogP contribution in [0.5, 0.6) is 0 Å². The van der Waals surface area contributed by atoms with Gasteiger partial charge in [-0.25, -0.2) is 9.69 Å². The summed E-state index contributed by atoms with van der Waals surface area (Å²) in [7, 11) is 0. The highest BCUT2D eigenvalue weighted by molar-refractivity contribution is 6.53. The number of benzene rings is 1. The Morgan fingerprint density at radius 2 is 1.85 bits per heavy atom. The van der Waals surface area contributed by atoms with Gasteiger partial charge >= 0.3 is 24.0 Å². The van der Waals surface area contributed by atoms with Crippen molar-refractivity contribution in [3.63, 3.8) is 0 Å². The molecule has 6 nitrogen and oxygen atoms in total. The van der Waals surface area contributed by atoms with E-state index >= 15 is 0 Å². The van der Waals surface area contributed by atoms with Crippen molar-refractivity contribution in [2.75, 3.05) is 4.90 Å². The molecular formula is C11H4F3N3O3. The fourth-order valence-corrected chi connectivity index (χ4v) is 1.64. The summed E-state index contributed by atoms with van der Waals surface area (Å²) in [5, 5.41) is 10.3. The van der Waals surface area contributed by atoms with Gasteiger partial charge in [-0.05, 0) is 18.2 Å². The summed E-state index contributed by atoms with van der Waals surface area (Å²) >= 11 is 0. The highest BCUT2D eigenvalue weighted by atomic mass is 19.4. The van der Waals surface area contributed by atoms with E-state index in [1.165, 1.54) is 6.07 Å². The number of nitrogens with zero attached hydrogens (tertiary/aromatic N) is 2. The van der Waals surface area contributed by atoms with Crippen LogP contribution < -0.4 is 10.2 Å². The normalized spacial score (nSPS) is 15.3. The lowest BCUT2D eigenvalue weighted by atomic mass is 10.1. The molecule has 4 amide bonds. The number of hydrogen-bond acceptors (Lipinski definition) is 4. The molecule has 2 rings (SSSR count). The summed E-state index contributed by atoms with van der Waals surface area (Å²) in [6.45, 7) is 0. The predicted octanol–water partition coefficient (Wildman–Crippen LogP) is 1.16. The molecule has 0 bridgehead atoms. The van der Waals surface area contributed by atoms with E-state index in [0.717, 1.165) is 12.1 Å². The number of anilines is 1. The molecule has 0 aromatic heterocycles. The van der Waals surface area contributed by atoms with Crippen LogP contribution >= 0.6 is 0 Å². The number of imide groups is 2. The van der Waals surface area contributed by atoms with Crippen molar-refractivity contribution in [1.29, 1.82) is 5.26 Å². The molecule has 1 aliphatic rings. The van der Waals surface area contributed by atoms with Crippen LogP contribution in [0.15, 0.2) is 18.2 Å². The molecule has 0 radical (unpaired) electrons. The lowest BCUT2D eigenvalue weighted by Gasteiger charge is -2.15. The number of carbonyl (C=O) groups is 3. The van der Waals surface area contributed by atoms with Gasteiger partial charge < -0.3 is 0 Å². The zero-order valence-corrected chi connectivity index (χ0v) is 9.49. The predicted molar refractivity (Wildman–Crippen MR) is 57.2 cm³/mol. The van der Waals surface area contributed by atoms with Crippen molar-refractivity contribution in [2.24, 2.45) is 0 Å². The molecule has 1 N–H and O–H groups in total. The largest absolute Gasteiger partial charge is 0.417 e. The molecule has 0 spiro atoms. The molecule has 1 aromatic rings. The summed E-state index contributed by atoms with van der Waals surface area (Å²) in [6.07, 6.45) is -4.83. The van der Waals surface area contributed by atoms with Crippen LogP contribution in [0.2, 0.25) is 0 Å². The van der Waals surface area contributed by atoms with E-state index in [-0.39, 0.29) is 4.90 Å². The summed E-state index contributed by atoms with van der Waals surface area (Å²) in [6, 6.07) is 2.48. The van der Waals surface area contributed by atoms with Gasteiger partial charge in [-0.1, -0.05) is 0 Å². The Morgan fingerprint density at radius 3 is 2.30 bits per heavy atom. The molecule has 0 unspecified atom stereocenters. The highest BCUT2D eigenvalue weighted by Gasteiger charge is 2.40. The number of nitrogens with one attached hydrogen (secondary N) is 1. The van der Waals surface area contributed by atoms with E-state index in [1.807, 2.05) is 0 Å². The van der Waals surface area contributed by atoms with Crippen LogP contribution in [-0.2, 0) is 15.8 Å². The van der Waals surface area contributed by atoms with Gasteiger partial charge in [0, 0.05) is 0 Å². The van der Waals surface area contributed by atoms with Crippen LogP contribution in [0.4, 0.5) is 23.7 Å². The lowest BCUT2D eigenvalue weighted by molar-refractivity contribution is -0.137. The molecule has 1 aliphatic heterocycles. The number of urea groups is 1. The Bertz CT molecular complexity index is 676. The van der Waals surface area contributed by atoms with E-state index in [0.29, 0.717) is 6.07 Å². The molecule has 102 valence electrons. The number of nitriles is 1. The lowest BCUT2D eigenvalue weighted by Crippen LogP contribution is -2.31. The molecule has 0 atom stereocenters. The molecule has 1 saturated heterocycles. The maximum absolute atomic E-state index is 12.8. The third-order valence-electron chi connectivity index (χ3n) is 2.51. The summed E-state index contributed by atoms with van der Waals surface area (Å²) in [4.78, 5) is 34.0. The Morgan fingerprint density at radius 1 is 1.20 bits per heavy atom. The van der Waals surface area contributed by atoms with Crippen LogP contribution in [0.25, 0.3) is 0 Å². The van der Waals surface area contributed by atoms with Gasteiger partial charge in [0.25, 0.3) is 0 Å². The van der Waals surface area contributed by atoms with E-state index in [2.05, 4.69) is 0 Å². The van der Waals surface area contributed by atoms with E-state index < -0.39 is 40.8 Å². The van der Waals surface area contributed by atoms with Crippen LogP contribution in [0.3, 0.4) is 0 Å². The zero-order valence-electron chi connectivity index (χ0n) is 9.49. The maximum atomic E-state index is 12.8. The molecule has 0 saturated carbocycles. The second-order valence-corrected chi connectivity index (χ2v) is 3.74. The minimum Gasteiger partial charge on any atom is -0.269 e. The molecule has 20 heavy (non-hydrogen) atoms. The topological polar surface area (TPSA) is 90.3 Å². The van der Waals surface area contributed by atoms with Crippen molar-refractivity contribution < 1.29 is 27.6 Å². The van der Waals surface area contributed by atoms with Gasteiger partial charge in [-0.3, -0.25) is 14.9 Å². The number of halogens is 3. The molecule has 9 heteroatoms. The van der Waals surface area contributed by atoms with Crippen molar-refractivity contribution >= 4 is 23.5 Å². The third kappa shape index (κ3) is 2.07. The number of amides is 4. The van der Waals surface area contributed by atoms with Crippen LogP contribution in [-0.4, -0.2) is 17.8 Å². The van der Waals surface area contributed by atoms with Gasteiger partial charge in [0.2, 0.25) is 0 Å². The van der Waals surface area contributed by atoms with Crippen LogP contribution in [0, 0.1) is 11.3 Å². The first kappa shape index (κ1) is 13.5. The highest BCUT2D eigenvalue weighted by Crippen LogP contribution is 2.34. The Hall–Kier alpha value is -2.89. The van der Waals surface area contributed by atoms with Crippen molar-refractivity contribution in [3.8, 4) is 6.07 Å². The quantitative estimate of drug-likeness (QED) is 0.618. The van der Waals surface area contributed by atoms with Gasteiger partial charge in [0.05, 0.1) is 22.9 Å². The van der Waals surface area contributed by atoms with Crippen molar-refractivity contribution in [2.45, 2.75) is 6.18 Å². The third-order valence-corrected chi connectivity index (χ3v) is 2.51. The summed E-state index contributed by atoms with van der Waals surface area (Å²) in [5.41, 5.74) is -2.39. The van der Waals surface area contributed by atoms with E-state index in [1.54, 1.807) is 5.32 Å². The zero-order chi connectivity index (χ0) is 15.1. The Kier molecular flexibility index (Phi) is 2.94. The first-order valence-electron chi connectivity index (χ1n) is 5.06. The maximum Gasteiger partial charge on any atom is 0.417 e. The first-order valence-corrected chi connectivity index (χ1v) is 5.06. The molecule has 0 aliphatic carbocycles. The average Bonchev–Trinajstić information content (AvgIpc) is 2.61. The average molecular weight is 283 g/mol. The molecule has 1 heterocycles. The SMILES string of the molecule is N#Cc1ccc(N2C(=O)NC(=O)C2=O)cc1C(F)(F)F. The molecule has 1 aromatic carbocycles. The van der Waals surface area contributed by atoms with Crippen molar-refractivity contribution in [3.05, 3.63) is 29.3 Å². The standard InChI is InChI=1S/C11H4F3N3O3/c12-11(13,14)7-3-6(2-1-5(7)4-15)17-9(19)8(18)16-10(17)20/h1-3H,(H,16,18,20).